The van der Waals surface area contributed by atoms with Crippen LogP contribution in [0.3, 0.4) is 0 Å². The van der Waals surface area contributed by atoms with E-state index in [2.05, 4.69) is 25.3 Å². The molecule has 3 heterocycles. The monoisotopic (exact) mass is 301 g/mol. The minimum atomic E-state index is -0.329. The molecular weight excluding hydrogens is 282 g/mol. The van der Waals surface area contributed by atoms with Crippen molar-refractivity contribution in [1.29, 1.82) is 0 Å². The van der Waals surface area contributed by atoms with Gasteiger partial charge in [0, 0.05) is 30.1 Å². The van der Waals surface area contributed by atoms with Crippen LogP contribution in [0.2, 0.25) is 0 Å². The number of nitrogens with zero attached hydrogens (tertiary/aromatic N) is 2. The molecule has 3 aromatic heterocycles. The SMILES string of the molecule is CC(C)(CO)CNC(=O)Cc1nc2c(cnc3[nH]ccc32)[nH]1. The van der Waals surface area contributed by atoms with Crippen LogP contribution in [0.1, 0.15) is 19.7 Å². The van der Waals surface area contributed by atoms with Crippen molar-refractivity contribution in [2.45, 2.75) is 20.3 Å². The van der Waals surface area contributed by atoms with E-state index in [9.17, 15) is 9.90 Å². The predicted molar refractivity (Wildman–Crippen MR) is 83.3 cm³/mol. The van der Waals surface area contributed by atoms with Gasteiger partial charge in [-0.2, -0.15) is 0 Å². The summed E-state index contributed by atoms with van der Waals surface area (Å²) in [7, 11) is 0. The third-order valence-corrected chi connectivity index (χ3v) is 3.60. The molecular formula is C15H19N5O2. The fourth-order valence-electron chi connectivity index (χ4n) is 2.22. The zero-order valence-corrected chi connectivity index (χ0v) is 12.6. The summed E-state index contributed by atoms with van der Waals surface area (Å²) in [5.74, 6) is 0.476. The summed E-state index contributed by atoms with van der Waals surface area (Å²) in [4.78, 5) is 26.9. The van der Waals surface area contributed by atoms with E-state index in [1.807, 2.05) is 26.1 Å². The molecule has 0 spiro atoms. The molecule has 0 aromatic carbocycles. The van der Waals surface area contributed by atoms with Crippen molar-refractivity contribution >= 4 is 28.0 Å². The number of aliphatic hydroxyl groups excluding tert-OH is 1. The lowest BCUT2D eigenvalue weighted by Gasteiger charge is -2.21. The molecule has 116 valence electrons. The van der Waals surface area contributed by atoms with E-state index in [-0.39, 0.29) is 24.3 Å². The fourth-order valence-corrected chi connectivity index (χ4v) is 2.22. The summed E-state index contributed by atoms with van der Waals surface area (Å²) in [5, 5.41) is 12.9. The van der Waals surface area contributed by atoms with Gasteiger partial charge in [0.25, 0.3) is 0 Å². The van der Waals surface area contributed by atoms with Crippen LogP contribution in [0.15, 0.2) is 18.5 Å². The van der Waals surface area contributed by atoms with Gasteiger partial charge in [0.1, 0.15) is 17.0 Å². The summed E-state index contributed by atoms with van der Waals surface area (Å²) in [6, 6.07) is 1.92. The zero-order chi connectivity index (χ0) is 15.7. The number of nitrogens with one attached hydrogen (secondary N) is 3. The van der Waals surface area contributed by atoms with Crippen molar-refractivity contribution < 1.29 is 9.90 Å². The number of hydrogen-bond acceptors (Lipinski definition) is 4. The number of aromatic nitrogens is 4. The average Bonchev–Trinajstić information content (AvgIpc) is 3.10. The first kappa shape index (κ1) is 14.5. The van der Waals surface area contributed by atoms with Crippen molar-refractivity contribution in [3.63, 3.8) is 0 Å². The molecule has 22 heavy (non-hydrogen) atoms. The topological polar surface area (TPSA) is 107 Å². The molecule has 3 aromatic rings. The number of pyridine rings is 1. The van der Waals surface area contributed by atoms with Gasteiger partial charge in [0.05, 0.1) is 18.1 Å². The van der Waals surface area contributed by atoms with Crippen molar-refractivity contribution in [1.82, 2.24) is 25.3 Å². The standard InChI is InChI=1S/C15H19N5O2/c1-15(2,8-21)7-18-12(22)5-11-19-10-6-17-14-9(3-4-16-14)13(10)20-11/h3-4,6,21H,5,7-8H2,1-2H3,(H,16,17)(H,18,22)(H,19,20). The smallest absolute Gasteiger partial charge is 0.227 e. The number of aliphatic hydroxyl groups is 1. The van der Waals surface area contributed by atoms with Gasteiger partial charge in [-0.05, 0) is 6.07 Å². The summed E-state index contributed by atoms with van der Waals surface area (Å²) in [6.45, 7) is 4.23. The molecule has 0 aliphatic carbocycles. The van der Waals surface area contributed by atoms with Crippen molar-refractivity contribution in [2.75, 3.05) is 13.2 Å². The second-order valence-electron chi connectivity index (χ2n) is 6.22. The molecule has 0 saturated heterocycles. The minimum Gasteiger partial charge on any atom is -0.396 e. The number of rotatable bonds is 5. The lowest BCUT2D eigenvalue weighted by molar-refractivity contribution is -0.121. The van der Waals surface area contributed by atoms with E-state index in [1.165, 1.54) is 0 Å². The van der Waals surface area contributed by atoms with E-state index >= 15 is 0 Å². The third-order valence-electron chi connectivity index (χ3n) is 3.60. The second-order valence-corrected chi connectivity index (χ2v) is 6.22. The van der Waals surface area contributed by atoms with E-state index in [0.29, 0.717) is 12.4 Å². The first-order valence-corrected chi connectivity index (χ1v) is 7.17. The first-order valence-electron chi connectivity index (χ1n) is 7.17. The van der Waals surface area contributed by atoms with Gasteiger partial charge in [-0.3, -0.25) is 4.79 Å². The Hall–Kier alpha value is -2.41. The Labute approximate surface area is 127 Å². The quantitative estimate of drug-likeness (QED) is 0.566. The average molecular weight is 301 g/mol. The molecule has 0 fully saturated rings. The third kappa shape index (κ3) is 2.80. The lowest BCUT2D eigenvalue weighted by Crippen LogP contribution is -2.36. The Morgan fingerprint density at radius 3 is 3.05 bits per heavy atom. The van der Waals surface area contributed by atoms with Gasteiger partial charge in [0.15, 0.2) is 0 Å². The van der Waals surface area contributed by atoms with E-state index in [1.54, 1.807) is 6.20 Å². The Balaban J connectivity index is 1.75. The zero-order valence-electron chi connectivity index (χ0n) is 12.6. The van der Waals surface area contributed by atoms with Gasteiger partial charge < -0.3 is 20.4 Å². The molecule has 7 nitrogen and oxygen atoms in total. The van der Waals surface area contributed by atoms with Crippen molar-refractivity contribution in [2.24, 2.45) is 5.41 Å². The lowest BCUT2D eigenvalue weighted by atomic mass is 9.95. The molecule has 0 aliphatic rings. The van der Waals surface area contributed by atoms with E-state index in [4.69, 9.17) is 0 Å². The molecule has 0 aliphatic heterocycles. The maximum Gasteiger partial charge on any atom is 0.227 e. The van der Waals surface area contributed by atoms with Gasteiger partial charge in [-0.25, -0.2) is 9.97 Å². The number of aromatic amines is 2. The maximum atomic E-state index is 12.0. The van der Waals surface area contributed by atoms with Gasteiger partial charge >= 0.3 is 0 Å². The van der Waals surface area contributed by atoms with Gasteiger partial charge in [0.2, 0.25) is 5.91 Å². The van der Waals surface area contributed by atoms with Crippen LogP contribution in [0.25, 0.3) is 22.1 Å². The Bertz CT molecular complexity index is 818. The highest BCUT2D eigenvalue weighted by atomic mass is 16.3. The van der Waals surface area contributed by atoms with Crippen LogP contribution < -0.4 is 5.32 Å². The number of carbonyl (C=O) groups is 1. The summed E-state index contributed by atoms with van der Waals surface area (Å²) < 4.78 is 0. The number of H-pyrrole nitrogens is 2. The Morgan fingerprint density at radius 2 is 2.27 bits per heavy atom. The molecule has 0 atom stereocenters. The van der Waals surface area contributed by atoms with Crippen LogP contribution in [0.5, 0.6) is 0 Å². The Kier molecular flexibility index (Phi) is 3.58. The molecule has 4 N–H and O–H groups in total. The number of imidazole rings is 1. The highest BCUT2D eigenvalue weighted by Gasteiger charge is 2.18. The van der Waals surface area contributed by atoms with E-state index in [0.717, 1.165) is 22.1 Å². The van der Waals surface area contributed by atoms with Gasteiger partial charge in [-0.1, -0.05) is 13.8 Å². The van der Waals surface area contributed by atoms with Crippen molar-refractivity contribution in [3.8, 4) is 0 Å². The van der Waals surface area contributed by atoms with Crippen LogP contribution in [0, 0.1) is 5.41 Å². The number of fused-ring (bicyclic) bond motifs is 3. The summed E-state index contributed by atoms with van der Waals surface area (Å²) in [5.41, 5.74) is 2.07. The van der Waals surface area contributed by atoms with Crippen LogP contribution in [-0.2, 0) is 11.2 Å². The summed E-state index contributed by atoms with van der Waals surface area (Å²) in [6.07, 6.45) is 3.69. The molecule has 0 unspecified atom stereocenters. The second kappa shape index (κ2) is 5.42. The number of amides is 1. The van der Waals surface area contributed by atoms with Crippen LogP contribution in [0.4, 0.5) is 0 Å². The normalized spacial score (nSPS) is 12.1. The minimum absolute atomic E-state index is 0.0229. The maximum absolute atomic E-state index is 12.0. The highest BCUT2D eigenvalue weighted by molar-refractivity contribution is 6.00. The summed E-state index contributed by atoms with van der Waals surface area (Å²) >= 11 is 0. The molecule has 0 bridgehead atoms. The molecule has 0 saturated carbocycles. The molecule has 7 heteroatoms. The predicted octanol–water partition coefficient (Wildman–Crippen LogP) is 1.12. The largest absolute Gasteiger partial charge is 0.396 e. The van der Waals surface area contributed by atoms with Crippen molar-refractivity contribution in [3.05, 3.63) is 24.3 Å². The molecule has 3 rings (SSSR count). The number of carbonyl (C=O) groups excluding carboxylic acids is 1. The van der Waals surface area contributed by atoms with Gasteiger partial charge in [-0.15, -0.1) is 0 Å². The first-order chi connectivity index (χ1) is 10.5. The highest BCUT2D eigenvalue weighted by Crippen LogP contribution is 2.20. The van der Waals surface area contributed by atoms with Crippen LogP contribution >= 0.6 is 0 Å². The Morgan fingerprint density at radius 1 is 1.45 bits per heavy atom. The van der Waals surface area contributed by atoms with E-state index < -0.39 is 0 Å². The van der Waals surface area contributed by atoms with Crippen LogP contribution in [-0.4, -0.2) is 44.1 Å². The fraction of sp³-hybridized carbons (Fsp3) is 0.400. The number of hydrogen-bond donors (Lipinski definition) is 4. The molecule has 0 radical (unpaired) electrons. The molecule has 1 amide bonds.